The average molecular weight is 249 g/mol. The van der Waals surface area contributed by atoms with E-state index in [9.17, 15) is 13.6 Å². The van der Waals surface area contributed by atoms with Gasteiger partial charge in [-0.3, -0.25) is 0 Å². The summed E-state index contributed by atoms with van der Waals surface area (Å²) in [4.78, 5) is 10.4. The Morgan fingerprint density at radius 2 is 2.00 bits per heavy atom. The van der Waals surface area contributed by atoms with Gasteiger partial charge in [-0.15, -0.1) is 0 Å². The topological polar surface area (TPSA) is 37.3 Å². The van der Waals surface area contributed by atoms with Gasteiger partial charge in [-0.05, 0) is 17.5 Å². The Balaban J connectivity index is 3.21. The first-order valence-electron chi connectivity index (χ1n) is 4.68. The minimum Gasteiger partial charge on any atom is -0.477 e. The third-order valence-corrected chi connectivity index (χ3v) is 2.58. The van der Waals surface area contributed by atoms with Crippen molar-refractivity contribution < 1.29 is 18.7 Å². The molecule has 0 aliphatic rings. The summed E-state index contributed by atoms with van der Waals surface area (Å²) in [5, 5.41) is 8.53. The second-order valence-electron chi connectivity index (χ2n) is 3.77. The monoisotopic (exact) mass is 248 g/mol. The maximum Gasteiger partial charge on any atom is 0.379 e. The summed E-state index contributed by atoms with van der Waals surface area (Å²) in [6, 6.07) is 3.53. The van der Waals surface area contributed by atoms with Gasteiger partial charge in [-0.2, -0.15) is 8.78 Å². The lowest BCUT2D eigenvalue weighted by Gasteiger charge is -2.14. The van der Waals surface area contributed by atoms with E-state index in [-0.39, 0.29) is 10.9 Å². The molecule has 2 nitrogen and oxygen atoms in total. The summed E-state index contributed by atoms with van der Waals surface area (Å²) in [6.07, 6.45) is 0. The predicted octanol–water partition coefficient (Wildman–Crippen LogP) is 3.64. The van der Waals surface area contributed by atoms with Crippen molar-refractivity contribution in [3.05, 3.63) is 34.3 Å². The van der Waals surface area contributed by atoms with E-state index < -0.39 is 17.5 Å². The normalized spacial score (nSPS) is 11.9. The van der Waals surface area contributed by atoms with E-state index in [2.05, 4.69) is 0 Å². The van der Waals surface area contributed by atoms with Crippen LogP contribution in [0.1, 0.15) is 30.9 Å². The van der Waals surface area contributed by atoms with Crippen molar-refractivity contribution in [2.75, 3.05) is 0 Å². The molecule has 16 heavy (non-hydrogen) atoms. The molecule has 1 aromatic carbocycles. The average Bonchev–Trinajstić information content (AvgIpc) is 2.16. The molecule has 1 N–H and O–H groups in total. The number of halogens is 3. The highest BCUT2D eigenvalue weighted by Crippen LogP contribution is 2.33. The van der Waals surface area contributed by atoms with Crippen molar-refractivity contribution in [2.24, 2.45) is 0 Å². The maximum absolute atomic E-state index is 13.1. The molecule has 0 aliphatic carbocycles. The molecular weight excluding hydrogens is 238 g/mol. The van der Waals surface area contributed by atoms with Gasteiger partial charge in [-0.25, -0.2) is 4.79 Å². The molecule has 88 valence electrons. The molecule has 0 spiro atoms. The standard InChI is InChI=1S/C11H11ClF2O2/c1-6(2)8-4-3-7(5-9(8)12)11(13,14)10(15)16/h3-6H,1-2H3,(H,15,16). The Bertz CT molecular complexity index is 416. The van der Waals surface area contributed by atoms with Crippen molar-refractivity contribution in [3.8, 4) is 0 Å². The fraction of sp³-hybridized carbons (Fsp3) is 0.364. The van der Waals surface area contributed by atoms with Gasteiger partial charge in [0, 0.05) is 10.6 Å². The van der Waals surface area contributed by atoms with Crippen LogP contribution in [0.5, 0.6) is 0 Å². The molecule has 0 unspecified atom stereocenters. The molecule has 1 aromatic rings. The Hall–Kier alpha value is -1.16. The first-order valence-corrected chi connectivity index (χ1v) is 5.05. The molecule has 0 radical (unpaired) electrons. The zero-order chi connectivity index (χ0) is 12.5. The van der Waals surface area contributed by atoms with Crippen LogP contribution in [0.15, 0.2) is 18.2 Å². The van der Waals surface area contributed by atoms with Crippen LogP contribution in [-0.2, 0) is 10.7 Å². The number of hydrogen-bond acceptors (Lipinski definition) is 1. The summed E-state index contributed by atoms with van der Waals surface area (Å²) in [7, 11) is 0. The number of carboxylic acid groups (broad SMARTS) is 1. The lowest BCUT2D eigenvalue weighted by atomic mass is 9.99. The summed E-state index contributed by atoms with van der Waals surface area (Å²) < 4.78 is 26.3. The van der Waals surface area contributed by atoms with E-state index in [1.807, 2.05) is 13.8 Å². The second-order valence-corrected chi connectivity index (χ2v) is 4.18. The van der Waals surface area contributed by atoms with Crippen molar-refractivity contribution in [3.63, 3.8) is 0 Å². The van der Waals surface area contributed by atoms with Gasteiger partial charge in [-0.1, -0.05) is 37.6 Å². The highest BCUT2D eigenvalue weighted by Gasteiger charge is 2.41. The van der Waals surface area contributed by atoms with Crippen molar-refractivity contribution in [2.45, 2.75) is 25.7 Å². The number of rotatable bonds is 3. The minimum absolute atomic E-state index is 0.0972. The molecule has 1 rings (SSSR count). The first kappa shape index (κ1) is 12.9. The molecule has 0 saturated heterocycles. The lowest BCUT2D eigenvalue weighted by molar-refractivity contribution is -0.166. The fourth-order valence-corrected chi connectivity index (χ4v) is 1.71. The van der Waals surface area contributed by atoms with Crippen LogP contribution in [0.2, 0.25) is 5.02 Å². The van der Waals surface area contributed by atoms with Crippen LogP contribution in [0.3, 0.4) is 0 Å². The van der Waals surface area contributed by atoms with Crippen LogP contribution in [0.25, 0.3) is 0 Å². The SMILES string of the molecule is CC(C)c1ccc(C(F)(F)C(=O)O)cc1Cl. The van der Waals surface area contributed by atoms with Crippen molar-refractivity contribution >= 4 is 17.6 Å². The minimum atomic E-state index is -3.90. The molecule has 5 heteroatoms. The Kier molecular flexibility index (Phi) is 3.53. The Morgan fingerprint density at radius 1 is 1.44 bits per heavy atom. The smallest absolute Gasteiger partial charge is 0.379 e. The molecule has 0 heterocycles. The van der Waals surface area contributed by atoms with Crippen molar-refractivity contribution in [1.29, 1.82) is 0 Å². The highest BCUT2D eigenvalue weighted by atomic mass is 35.5. The zero-order valence-corrected chi connectivity index (χ0v) is 9.55. The third-order valence-electron chi connectivity index (χ3n) is 2.25. The summed E-state index contributed by atoms with van der Waals surface area (Å²) in [5.41, 5.74) is 0.112. The molecule has 0 atom stereocenters. The third kappa shape index (κ3) is 2.32. The van der Waals surface area contributed by atoms with Gasteiger partial charge in [0.2, 0.25) is 0 Å². The molecule has 0 bridgehead atoms. The number of alkyl halides is 2. The van der Waals surface area contributed by atoms with E-state index in [0.717, 1.165) is 12.1 Å². The number of carboxylic acids is 1. The van der Waals surface area contributed by atoms with Gasteiger partial charge in [0.25, 0.3) is 0 Å². The largest absolute Gasteiger partial charge is 0.477 e. The van der Waals surface area contributed by atoms with Gasteiger partial charge < -0.3 is 5.11 Å². The van der Waals surface area contributed by atoms with E-state index in [4.69, 9.17) is 16.7 Å². The van der Waals surface area contributed by atoms with E-state index >= 15 is 0 Å². The molecular formula is C11H11ClF2O2. The second kappa shape index (κ2) is 4.37. The van der Waals surface area contributed by atoms with E-state index in [0.29, 0.717) is 5.56 Å². The fourth-order valence-electron chi connectivity index (χ4n) is 1.31. The van der Waals surface area contributed by atoms with Gasteiger partial charge in [0.15, 0.2) is 0 Å². The van der Waals surface area contributed by atoms with Gasteiger partial charge in [0.1, 0.15) is 0 Å². The van der Waals surface area contributed by atoms with Gasteiger partial charge >= 0.3 is 11.9 Å². The zero-order valence-electron chi connectivity index (χ0n) is 8.80. The first-order chi connectivity index (χ1) is 7.26. The molecule has 0 aromatic heterocycles. The maximum atomic E-state index is 13.1. The van der Waals surface area contributed by atoms with Crippen LogP contribution in [0.4, 0.5) is 8.78 Å². The lowest BCUT2D eigenvalue weighted by Crippen LogP contribution is -2.25. The van der Waals surface area contributed by atoms with Crippen LogP contribution < -0.4 is 0 Å². The number of carbonyl (C=O) groups is 1. The summed E-state index contributed by atoms with van der Waals surface area (Å²) in [6.45, 7) is 3.74. The number of aliphatic carboxylic acids is 1. The molecule has 0 amide bonds. The van der Waals surface area contributed by atoms with E-state index in [1.165, 1.54) is 6.07 Å². The number of hydrogen-bond donors (Lipinski definition) is 1. The van der Waals surface area contributed by atoms with E-state index in [1.54, 1.807) is 0 Å². The van der Waals surface area contributed by atoms with Crippen molar-refractivity contribution in [1.82, 2.24) is 0 Å². The summed E-state index contributed by atoms with van der Waals surface area (Å²) in [5.74, 6) is -5.99. The van der Waals surface area contributed by atoms with Crippen LogP contribution >= 0.6 is 11.6 Å². The summed E-state index contributed by atoms with van der Waals surface area (Å²) >= 11 is 5.81. The Labute approximate surface area is 96.8 Å². The Morgan fingerprint density at radius 3 is 2.38 bits per heavy atom. The molecule has 0 aliphatic heterocycles. The predicted molar refractivity (Wildman–Crippen MR) is 57.1 cm³/mol. The van der Waals surface area contributed by atoms with Gasteiger partial charge in [0.05, 0.1) is 0 Å². The highest BCUT2D eigenvalue weighted by molar-refractivity contribution is 6.31. The van der Waals surface area contributed by atoms with Crippen LogP contribution in [-0.4, -0.2) is 11.1 Å². The number of benzene rings is 1. The van der Waals surface area contributed by atoms with Crippen LogP contribution in [0, 0.1) is 0 Å². The quantitative estimate of drug-likeness (QED) is 0.887. The molecule has 0 saturated carbocycles. The molecule has 0 fully saturated rings.